The Morgan fingerprint density at radius 3 is 2.70 bits per heavy atom. The van der Waals surface area contributed by atoms with Gasteiger partial charge in [0, 0.05) is 26.7 Å². The molecule has 0 saturated heterocycles. The van der Waals surface area contributed by atoms with E-state index in [4.69, 9.17) is 21.3 Å². The van der Waals surface area contributed by atoms with Crippen LogP contribution in [-0.4, -0.2) is 28.4 Å². The SMILES string of the molecule is Cc1ccccc1NC(=O)COc1c(Br)cc(Cl)cc1C=Nn1c(C2CCCCC2)nc2ccc(Br)cc2c1=O. The van der Waals surface area contributed by atoms with Crippen LogP contribution in [0.2, 0.25) is 5.02 Å². The Morgan fingerprint density at radius 2 is 1.93 bits per heavy atom. The van der Waals surface area contributed by atoms with Gasteiger partial charge in [0.25, 0.3) is 11.5 Å². The maximum Gasteiger partial charge on any atom is 0.282 e. The zero-order valence-electron chi connectivity index (χ0n) is 21.8. The highest BCUT2D eigenvalue weighted by Gasteiger charge is 2.23. The van der Waals surface area contributed by atoms with Crippen molar-refractivity contribution in [2.45, 2.75) is 44.9 Å². The number of fused-ring (bicyclic) bond motifs is 1. The van der Waals surface area contributed by atoms with Gasteiger partial charge in [0.2, 0.25) is 0 Å². The Hall–Kier alpha value is -3.01. The van der Waals surface area contributed by atoms with Crippen LogP contribution in [0.4, 0.5) is 5.69 Å². The minimum Gasteiger partial charge on any atom is -0.482 e. The summed E-state index contributed by atoms with van der Waals surface area (Å²) < 4.78 is 8.68. The first kappa shape index (κ1) is 28.5. The molecule has 5 rings (SSSR count). The number of para-hydroxylation sites is 1. The molecule has 206 valence electrons. The number of rotatable bonds is 7. The highest BCUT2D eigenvalue weighted by Crippen LogP contribution is 2.34. The number of hydrogen-bond acceptors (Lipinski definition) is 5. The minimum absolute atomic E-state index is 0.138. The minimum atomic E-state index is -0.306. The molecule has 3 aromatic carbocycles. The molecule has 0 bridgehead atoms. The van der Waals surface area contributed by atoms with Crippen molar-refractivity contribution in [3.05, 3.63) is 95.9 Å². The number of nitrogens with zero attached hydrogens (tertiary/aromatic N) is 3. The summed E-state index contributed by atoms with van der Waals surface area (Å²) in [6.07, 6.45) is 6.80. The van der Waals surface area contributed by atoms with Gasteiger partial charge in [0.05, 0.1) is 21.6 Å². The van der Waals surface area contributed by atoms with Gasteiger partial charge in [-0.25, -0.2) is 4.98 Å². The van der Waals surface area contributed by atoms with Gasteiger partial charge in [-0.2, -0.15) is 9.78 Å². The van der Waals surface area contributed by atoms with Crippen LogP contribution >= 0.6 is 43.5 Å². The Balaban J connectivity index is 1.49. The van der Waals surface area contributed by atoms with Crippen LogP contribution in [0, 0.1) is 6.92 Å². The van der Waals surface area contributed by atoms with Crippen molar-refractivity contribution >= 4 is 72.2 Å². The van der Waals surface area contributed by atoms with Crippen molar-refractivity contribution in [1.29, 1.82) is 0 Å². The van der Waals surface area contributed by atoms with E-state index in [2.05, 4.69) is 42.3 Å². The molecule has 0 radical (unpaired) electrons. The van der Waals surface area contributed by atoms with E-state index in [-0.39, 0.29) is 24.0 Å². The van der Waals surface area contributed by atoms with Crippen molar-refractivity contribution in [3.8, 4) is 5.75 Å². The summed E-state index contributed by atoms with van der Waals surface area (Å²) in [5, 5.41) is 8.41. The summed E-state index contributed by atoms with van der Waals surface area (Å²) in [5.74, 6) is 0.867. The van der Waals surface area contributed by atoms with Gasteiger partial charge in [0.15, 0.2) is 6.61 Å². The molecule has 7 nitrogen and oxygen atoms in total. The lowest BCUT2D eigenvalue weighted by molar-refractivity contribution is -0.118. The molecule has 0 unspecified atom stereocenters. The van der Waals surface area contributed by atoms with E-state index in [1.165, 1.54) is 17.3 Å². The average molecular weight is 687 g/mol. The van der Waals surface area contributed by atoms with E-state index in [9.17, 15) is 9.59 Å². The van der Waals surface area contributed by atoms with Crippen molar-refractivity contribution in [3.63, 3.8) is 0 Å². The van der Waals surface area contributed by atoms with Crippen LogP contribution in [0.1, 0.15) is 55.0 Å². The summed E-state index contributed by atoms with van der Waals surface area (Å²) in [5.41, 5.74) is 2.59. The average Bonchev–Trinajstić information content (AvgIpc) is 2.94. The molecule has 1 aliphatic carbocycles. The van der Waals surface area contributed by atoms with E-state index in [1.807, 2.05) is 43.3 Å². The van der Waals surface area contributed by atoms with Crippen LogP contribution in [0.5, 0.6) is 5.75 Å². The van der Waals surface area contributed by atoms with Gasteiger partial charge in [-0.05, 0) is 77.7 Å². The van der Waals surface area contributed by atoms with Crippen LogP contribution in [0.3, 0.4) is 0 Å². The molecule has 0 aliphatic heterocycles. The summed E-state index contributed by atoms with van der Waals surface area (Å²) in [6.45, 7) is 1.69. The molecule has 10 heteroatoms. The number of anilines is 1. The predicted octanol–water partition coefficient (Wildman–Crippen LogP) is 7.83. The zero-order valence-corrected chi connectivity index (χ0v) is 25.7. The van der Waals surface area contributed by atoms with E-state index in [1.54, 1.807) is 18.2 Å². The summed E-state index contributed by atoms with van der Waals surface area (Å²) in [7, 11) is 0. The third-order valence-corrected chi connectivity index (χ3v) is 8.22. The van der Waals surface area contributed by atoms with E-state index in [0.29, 0.717) is 37.5 Å². The largest absolute Gasteiger partial charge is 0.482 e. The zero-order chi connectivity index (χ0) is 28.2. The molecule has 1 saturated carbocycles. The Kier molecular flexibility index (Phi) is 9.03. The lowest BCUT2D eigenvalue weighted by Crippen LogP contribution is -2.25. The molecule has 1 amide bonds. The maximum atomic E-state index is 13.7. The Labute approximate surface area is 253 Å². The first-order chi connectivity index (χ1) is 19.3. The lowest BCUT2D eigenvalue weighted by Gasteiger charge is -2.22. The summed E-state index contributed by atoms with van der Waals surface area (Å²) in [4.78, 5) is 31.2. The fourth-order valence-electron chi connectivity index (χ4n) is 4.89. The topological polar surface area (TPSA) is 85.6 Å². The third-order valence-electron chi connectivity index (χ3n) is 6.92. The van der Waals surface area contributed by atoms with Crippen LogP contribution in [0.15, 0.2) is 73.4 Å². The van der Waals surface area contributed by atoms with Crippen molar-refractivity contribution in [2.24, 2.45) is 5.10 Å². The number of hydrogen-bond donors (Lipinski definition) is 1. The molecule has 1 fully saturated rings. The molecule has 0 spiro atoms. The molecule has 1 aromatic heterocycles. The van der Waals surface area contributed by atoms with E-state index < -0.39 is 0 Å². The van der Waals surface area contributed by atoms with Gasteiger partial charge in [-0.1, -0.05) is 65.0 Å². The van der Waals surface area contributed by atoms with Gasteiger partial charge >= 0.3 is 0 Å². The van der Waals surface area contributed by atoms with E-state index >= 15 is 0 Å². The summed E-state index contributed by atoms with van der Waals surface area (Å²) >= 11 is 13.3. The first-order valence-corrected chi connectivity index (χ1v) is 15.0. The van der Waals surface area contributed by atoms with Gasteiger partial charge in [-0.15, -0.1) is 0 Å². The molecule has 40 heavy (non-hydrogen) atoms. The molecular formula is C30H27Br2ClN4O3. The molecular weight excluding hydrogens is 660 g/mol. The predicted molar refractivity (Wildman–Crippen MR) is 167 cm³/mol. The standard InChI is InChI=1S/C30H27Br2ClN4O3/c1-18-7-5-6-10-25(18)35-27(38)17-40-28-20(13-22(33)15-24(28)32)16-34-37-29(19-8-3-2-4-9-19)36-26-12-11-21(31)14-23(26)30(37)39/h5-7,10-16,19H,2-4,8-9,17H2,1H3,(H,35,38). The van der Waals surface area contributed by atoms with Crippen molar-refractivity contribution < 1.29 is 9.53 Å². The molecule has 0 atom stereocenters. The normalized spacial score (nSPS) is 14.1. The van der Waals surface area contributed by atoms with Gasteiger partial charge in [-0.3, -0.25) is 9.59 Å². The van der Waals surface area contributed by atoms with Gasteiger partial charge in [0.1, 0.15) is 11.6 Å². The van der Waals surface area contributed by atoms with Gasteiger partial charge < -0.3 is 10.1 Å². The number of aryl methyl sites for hydroxylation is 1. The molecule has 1 heterocycles. The second-order valence-electron chi connectivity index (χ2n) is 9.79. The number of benzene rings is 3. The number of carbonyl (C=O) groups is 1. The Morgan fingerprint density at radius 1 is 1.15 bits per heavy atom. The maximum absolute atomic E-state index is 13.7. The van der Waals surface area contributed by atoms with Crippen molar-refractivity contribution in [1.82, 2.24) is 9.66 Å². The fraction of sp³-hybridized carbons (Fsp3) is 0.267. The number of nitrogens with one attached hydrogen (secondary N) is 1. The van der Waals surface area contributed by atoms with E-state index in [0.717, 1.165) is 41.4 Å². The number of halogens is 3. The first-order valence-electron chi connectivity index (χ1n) is 13.0. The molecule has 4 aromatic rings. The highest BCUT2D eigenvalue weighted by atomic mass is 79.9. The second kappa shape index (κ2) is 12.7. The van der Waals surface area contributed by atoms with Crippen molar-refractivity contribution in [2.75, 3.05) is 11.9 Å². The van der Waals surface area contributed by atoms with Crippen LogP contribution in [-0.2, 0) is 4.79 Å². The lowest BCUT2D eigenvalue weighted by atomic mass is 9.88. The molecule has 1 aliphatic rings. The quantitative estimate of drug-likeness (QED) is 0.201. The molecule has 1 N–H and O–H groups in total. The number of amides is 1. The van der Waals surface area contributed by atoms with Crippen LogP contribution in [0.25, 0.3) is 10.9 Å². The number of ether oxygens (including phenoxy) is 1. The monoisotopic (exact) mass is 684 g/mol. The van der Waals surface area contributed by atoms with Crippen LogP contribution < -0.4 is 15.6 Å². The fourth-order valence-corrected chi connectivity index (χ4v) is 6.20. The number of carbonyl (C=O) groups excluding carboxylic acids is 1. The Bertz CT molecular complexity index is 1670. The highest BCUT2D eigenvalue weighted by molar-refractivity contribution is 9.10. The number of aromatic nitrogens is 2. The smallest absolute Gasteiger partial charge is 0.282 e. The third kappa shape index (κ3) is 6.48. The summed E-state index contributed by atoms with van der Waals surface area (Å²) in [6, 6.07) is 16.4. The second-order valence-corrected chi connectivity index (χ2v) is 12.0.